The summed E-state index contributed by atoms with van der Waals surface area (Å²) in [6.07, 6.45) is 1.24. The summed E-state index contributed by atoms with van der Waals surface area (Å²) in [7, 11) is 1.54. The fourth-order valence-corrected chi connectivity index (χ4v) is 3.40. The molecule has 1 amide bonds. The third-order valence-corrected chi connectivity index (χ3v) is 5.05. The van der Waals surface area contributed by atoms with Crippen molar-refractivity contribution in [3.8, 4) is 17.3 Å². The van der Waals surface area contributed by atoms with Crippen LogP contribution in [0.3, 0.4) is 0 Å². The number of hydrazone groups is 1. The number of carbonyl (C=O) groups is 1. The second-order valence-corrected chi connectivity index (χ2v) is 7.23. The number of anilines is 1. The summed E-state index contributed by atoms with van der Waals surface area (Å²) in [6, 6.07) is 13.6. The highest BCUT2D eigenvalue weighted by Gasteiger charge is 2.30. The zero-order valence-corrected chi connectivity index (χ0v) is 17.6. The van der Waals surface area contributed by atoms with E-state index in [0.717, 1.165) is 10.1 Å². The number of carbonyl (C=O) groups excluding carboxylic acids is 1. The van der Waals surface area contributed by atoms with E-state index in [0.29, 0.717) is 22.8 Å². The third kappa shape index (κ3) is 3.60. The van der Waals surface area contributed by atoms with E-state index < -0.39 is 23.0 Å². The number of benzene rings is 2. The lowest BCUT2D eigenvalue weighted by Gasteiger charge is -2.12. The van der Waals surface area contributed by atoms with Crippen LogP contribution >= 0.6 is 0 Å². The average Bonchev–Trinajstić information content (AvgIpc) is 3.04. The van der Waals surface area contributed by atoms with Crippen molar-refractivity contribution < 1.29 is 14.6 Å². The number of nitrogens with zero attached hydrogens (tertiary/aromatic N) is 3. The lowest BCUT2D eigenvalue weighted by Crippen LogP contribution is -2.30. The van der Waals surface area contributed by atoms with Gasteiger partial charge in [-0.25, -0.2) is 9.36 Å². The Morgan fingerprint density at radius 2 is 1.75 bits per heavy atom. The third-order valence-electron chi connectivity index (χ3n) is 5.05. The lowest BCUT2D eigenvalue weighted by molar-refractivity contribution is -0.114. The molecule has 0 bridgehead atoms. The summed E-state index contributed by atoms with van der Waals surface area (Å²) >= 11 is 0. The molecule has 9 nitrogen and oxygen atoms in total. The topological polar surface area (TPSA) is 117 Å². The van der Waals surface area contributed by atoms with Crippen molar-refractivity contribution in [2.75, 3.05) is 12.1 Å². The highest BCUT2D eigenvalue weighted by molar-refractivity contribution is 6.32. The number of aromatic hydroxyl groups is 1. The molecule has 2 heterocycles. The van der Waals surface area contributed by atoms with E-state index in [4.69, 9.17) is 4.74 Å². The molecule has 0 aliphatic carbocycles. The van der Waals surface area contributed by atoms with Gasteiger partial charge in [-0.2, -0.15) is 10.1 Å². The van der Waals surface area contributed by atoms with Gasteiger partial charge in [0.05, 0.1) is 29.8 Å². The molecule has 3 aromatic rings. The zero-order chi connectivity index (χ0) is 23.0. The quantitative estimate of drug-likeness (QED) is 0.614. The largest absolute Gasteiger partial charge is 0.497 e. The molecule has 1 aromatic heterocycles. The van der Waals surface area contributed by atoms with Gasteiger partial charge in [-0.1, -0.05) is 12.1 Å². The van der Waals surface area contributed by atoms with Gasteiger partial charge < -0.3 is 9.84 Å². The number of H-pyrrole nitrogens is 1. The highest BCUT2D eigenvalue weighted by atomic mass is 16.5. The van der Waals surface area contributed by atoms with Crippen LogP contribution in [-0.2, 0) is 4.79 Å². The average molecular weight is 432 g/mol. The molecule has 0 radical (unpaired) electrons. The lowest BCUT2D eigenvalue weighted by atomic mass is 10.1. The van der Waals surface area contributed by atoms with Gasteiger partial charge in [-0.15, -0.1) is 0 Å². The first-order chi connectivity index (χ1) is 15.3. The molecule has 2 N–H and O–H groups in total. The minimum atomic E-state index is -0.813. The number of nitrogens with one attached hydrogen (secondary N) is 1. The molecule has 9 heteroatoms. The Labute approximate surface area is 182 Å². The Hall–Kier alpha value is -4.40. The maximum Gasteiger partial charge on any atom is 0.335 e. The molecular formula is C23H20N4O5. The number of rotatable bonds is 4. The van der Waals surface area contributed by atoms with Gasteiger partial charge >= 0.3 is 5.69 Å². The summed E-state index contributed by atoms with van der Waals surface area (Å²) in [5, 5.41) is 16.3. The number of methoxy groups -OCH3 is 1. The van der Waals surface area contributed by atoms with Crippen molar-refractivity contribution in [1.29, 1.82) is 0 Å². The number of amides is 1. The predicted octanol–water partition coefficient (Wildman–Crippen LogP) is 2.35. The van der Waals surface area contributed by atoms with E-state index in [-0.39, 0.29) is 11.1 Å². The predicted molar refractivity (Wildman–Crippen MR) is 121 cm³/mol. The van der Waals surface area contributed by atoms with Crippen molar-refractivity contribution in [2.45, 2.75) is 13.8 Å². The first-order valence-corrected chi connectivity index (χ1v) is 9.71. The number of aryl methyl sites for hydroxylation is 1. The van der Waals surface area contributed by atoms with E-state index in [2.05, 4.69) is 10.1 Å². The van der Waals surface area contributed by atoms with Gasteiger partial charge in [0.25, 0.3) is 11.5 Å². The minimum Gasteiger partial charge on any atom is -0.497 e. The molecule has 0 spiro atoms. The Morgan fingerprint density at radius 3 is 2.41 bits per heavy atom. The molecule has 0 saturated heterocycles. The van der Waals surface area contributed by atoms with Crippen LogP contribution < -0.4 is 21.0 Å². The summed E-state index contributed by atoms with van der Waals surface area (Å²) in [6.45, 7) is 3.46. The van der Waals surface area contributed by atoms with E-state index >= 15 is 0 Å². The van der Waals surface area contributed by atoms with Crippen LogP contribution in [0.1, 0.15) is 18.1 Å². The van der Waals surface area contributed by atoms with Crippen LogP contribution in [0.4, 0.5) is 5.69 Å². The molecule has 0 fully saturated rings. The molecule has 162 valence electrons. The summed E-state index contributed by atoms with van der Waals surface area (Å²) < 4.78 is 6.11. The molecule has 0 unspecified atom stereocenters. The maximum atomic E-state index is 13.0. The summed E-state index contributed by atoms with van der Waals surface area (Å²) in [5.41, 5.74) is 0.419. The Kier molecular flexibility index (Phi) is 5.23. The van der Waals surface area contributed by atoms with E-state index in [1.54, 1.807) is 56.5 Å². The minimum absolute atomic E-state index is 0.121. The molecule has 0 atom stereocenters. The van der Waals surface area contributed by atoms with Crippen molar-refractivity contribution in [3.05, 3.63) is 86.1 Å². The van der Waals surface area contributed by atoms with Gasteiger partial charge in [0.15, 0.2) is 0 Å². The number of hydrogen-bond acceptors (Lipinski definition) is 6. The fraction of sp³-hybridized carbons (Fsp3) is 0.130. The number of aromatic nitrogens is 2. The smallest absolute Gasteiger partial charge is 0.335 e. The summed E-state index contributed by atoms with van der Waals surface area (Å²) in [4.78, 5) is 40.1. The van der Waals surface area contributed by atoms with Crippen LogP contribution in [0.2, 0.25) is 0 Å². The standard InChI is InChI=1S/C23H20N4O5/c1-13-5-4-6-16(11-13)26-21(29)19(20(28)24-23(26)31)12-18-14(2)25-27(22(18)30)15-7-9-17(32-3)10-8-15/h4-12,29H,1-3H3,(H,24,28,31)/b18-12-. The van der Waals surface area contributed by atoms with Crippen LogP contribution in [0.25, 0.3) is 11.8 Å². The molecule has 2 aromatic carbocycles. The van der Waals surface area contributed by atoms with Gasteiger partial charge in [-0.3, -0.25) is 14.6 Å². The molecule has 1 aliphatic rings. The van der Waals surface area contributed by atoms with Gasteiger partial charge in [-0.05, 0) is 61.9 Å². The van der Waals surface area contributed by atoms with Crippen molar-refractivity contribution in [1.82, 2.24) is 9.55 Å². The number of hydrogen-bond donors (Lipinski definition) is 2. The molecular weight excluding hydrogens is 412 g/mol. The molecule has 1 aliphatic heterocycles. The van der Waals surface area contributed by atoms with E-state index in [1.165, 1.54) is 11.1 Å². The van der Waals surface area contributed by atoms with Crippen LogP contribution in [-0.4, -0.2) is 33.4 Å². The first kappa shape index (κ1) is 20.9. The zero-order valence-electron chi connectivity index (χ0n) is 17.6. The van der Waals surface area contributed by atoms with Gasteiger partial charge in [0, 0.05) is 0 Å². The molecule has 4 rings (SSSR count). The van der Waals surface area contributed by atoms with E-state index in [1.807, 2.05) is 13.0 Å². The van der Waals surface area contributed by atoms with Crippen molar-refractivity contribution in [2.24, 2.45) is 5.10 Å². The second-order valence-electron chi connectivity index (χ2n) is 7.23. The van der Waals surface area contributed by atoms with Gasteiger partial charge in [0.2, 0.25) is 5.88 Å². The fourth-order valence-electron chi connectivity index (χ4n) is 3.40. The monoisotopic (exact) mass is 432 g/mol. The molecule has 32 heavy (non-hydrogen) atoms. The summed E-state index contributed by atoms with van der Waals surface area (Å²) in [5.74, 6) is -0.410. The van der Waals surface area contributed by atoms with E-state index in [9.17, 15) is 19.5 Å². The molecule has 0 saturated carbocycles. The second kappa shape index (κ2) is 8.03. The van der Waals surface area contributed by atoms with Gasteiger partial charge in [0.1, 0.15) is 11.3 Å². The number of ether oxygens (including phenoxy) is 1. The van der Waals surface area contributed by atoms with Crippen LogP contribution in [0.5, 0.6) is 11.6 Å². The number of aromatic amines is 1. The Morgan fingerprint density at radius 1 is 1.03 bits per heavy atom. The highest BCUT2D eigenvalue weighted by Crippen LogP contribution is 2.27. The maximum absolute atomic E-state index is 13.0. The van der Waals surface area contributed by atoms with Crippen molar-refractivity contribution >= 4 is 23.4 Å². The Bertz CT molecular complexity index is 1400. The Balaban J connectivity index is 1.79. The first-order valence-electron chi connectivity index (χ1n) is 9.71. The van der Waals surface area contributed by atoms with Crippen molar-refractivity contribution in [3.63, 3.8) is 0 Å². The normalized spacial score (nSPS) is 14.7. The SMILES string of the molecule is COc1ccc(N2N=C(C)/C(=C/c3c(O)n(-c4cccc(C)c4)c(=O)[nH]c3=O)C2=O)cc1. The van der Waals surface area contributed by atoms with Crippen LogP contribution in [0, 0.1) is 6.92 Å². The van der Waals surface area contributed by atoms with Crippen LogP contribution in [0.15, 0.2) is 68.8 Å².